The van der Waals surface area contributed by atoms with Gasteiger partial charge in [-0.2, -0.15) is 0 Å². The van der Waals surface area contributed by atoms with Crippen molar-refractivity contribution in [1.29, 1.82) is 0 Å². The van der Waals surface area contributed by atoms with Gasteiger partial charge in [-0.05, 0) is 32.6 Å². The van der Waals surface area contributed by atoms with E-state index < -0.39 is 30.6 Å². The predicted octanol–water partition coefficient (Wildman–Crippen LogP) is 4.81. The molecule has 0 aliphatic carbocycles. The molecule has 0 aliphatic heterocycles. The van der Waals surface area contributed by atoms with Crippen LogP contribution in [-0.2, 0) is 28.5 Å². The number of carbonyl (C=O) groups is 1. The molecule has 0 saturated carbocycles. The molecule has 30 heavy (non-hydrogen) atoms. The molecule has 0 fully saturated rings. The number of unbranched alkanes of at least 4 members (excludes halogenated alkanes) is 4. The minimum atomic E-state index is -1.14. The second-order valence-corrected chi connectivity index (χ2v) is 7.61. The van der Waals surface area contributed by atoms with E-state index >= 15 is 0 Å². The van der Waals surface area contributed by atoms with Crippen molar-refractivity contribution in [3.05, 3.63) is 0 Å². The maximum Gasteiger partial charge on any atom is 0.335 e. The monoisotopic (exact) mass is 434 g/mol. The van der Waals surface area contributed by atoms with E-state index in [0.29, 0.717) is 33.0 Å². The molecule has 0 bridgehead atoms. The number of aliphatic carboxylic acids is 1. The lowest BCUT2D eigenvalue weighted by Crippen LogP contribution is -2.46. The van der Waals surface area contributed by atoms with Gasteiger partial charge in [-0.3, -0.25) is 0 Å². The van der Waals surface area contributed by atoms with E-state index in [-0.39, 0.29) is 0 Å². The van der Waals surface area contributed by atoms with Gasteiger partial charge in [0.05, 0.1) is 12.7 Å². The van der Waals surface area contributed by atoms with E-state index in [1.165, 1.54) is 0 Å². The van der Waals surface area contributed by atoms with Gasteiger partial charge >= 0.3 is 5.97 Å². The van der Waals surface area contributed by atoms with Crippen LogP contribution in [0.5, 0.6) is 0 Å². The third-order valence-electron chi connectivity index (χ3n) is 4.67. The predicted molar refractivity (Wildman–Crippen MR) is 118 cm³/mol. The third-order valence-corrected chi connectivity index (χ3v) is 4.67. The zero-order valence-corrected chi connectivity index (χ0v) is 19.9. The van der Waals surface area contributed by atoms with Gasteiger partial charge in [0.1, 0.15) is 6.10 Å². The normalized spacial score (nSPS) is 15.6. The zero-order chi connectivity index (χ0) is 22.6. The molecule has 180 valence electrons. The van der Waals surface area contributed by atoms with Crippen molar-refractivity contribution in [3.8, 4) is 0 Å². The molecule has 0 aromatic heterocycles. The summed E-state index contributed by atoms with van der Waals surface area (Å²) in [6.07, 6.45) is 4.56. The number of hydrogen-bond donors (Lipinski definition) is 1. The molecular weight excluding hydrogens is 388 g/mol. The highest BCUT2D eigenvalue weighted by atomic mass is 16.7. The molecule has 7 heteroatoms. The summed E-state index contributed by atoms with van der Waals surface area (Å²) in [5, 5.41) is 9.73. The first kappa shape index (κ1) is 29.3. The van der Waals surface area contributed by atoms with Crippen LogP contribution in [0.15, 0.2) is 0 Å². The van der Waals surface area contributed by atoms with Crippen molar-refractivity contribution in [2.24, 2.45) is 0 Å². The average molecular weight is 435 g/mol. The molecule has 1 N–H and O–H groups in total. The van der Waals surface area contributed by atoms with E-state index in [1.54, 1.807) is 6.92 Å². The summed E-state index contributed by atoms with van der Waals surface area (Å²) in [6, 6.07) is 0. The Labute approximate surface area is 183 Å². The van der Waals surface area contributed by atoms with Crippen molar-refractivity contribution in [2.45, 2.75) is 111 Å². The zero-order valence-electron chi connectivity index (χ0n) is 19.9. The summed E-state index contributed by atoms with van der Waals surface area (Å²) in [4.78, 5) is 11.9. The van der Waals surface area contributed by atoms with Crippen LogP contribution in [0.3, 0.4) is 0 Å². The number of rotatable bonds is 22. The fourth-order valence-electron chi connectivity index (χ4n) is 2.62. The highest BCUT2D eigenvalue weighted by molar-refractivity contribution is 5.73. The molecule has 0 amide bonds. The van der Waals surface area contributed by atoms with Gasteiger partial charge in [0.15, 0.2) is 12.4 Å². The lowest BCUT2D eigenvalue weighted by Gasteiger charge is -2.31. The molecule has 0 aliphatic rings. The molecule has 0 rings (SSSR count). The Bertz CT molecular complexity index is 392. The molecule has 0 spiro atoms. The fourth-order valence-corrected chi connectivity index (χ4v) is 2.62. The Kier molecular flexibility index (Phi) is 19.7. The van der Waals surface area contributed by atoms with Crippen LogP contribution in [0.4, 0.5) is 0 Å². The Balaban J connectivity index is 5.21. The summed E-state index contributed by atoms with van der Waals surface area (Å²) in [6.45, 7) is 12.5. The maximum atomic E-state index is 11.9. The fraction of sp³-hybridized carbons (Fsp3) is 0.957. The minimum absolute atomic E-state index is 0.303. The van der Waals surface area contributed by atoms with Crippen molar-refractivity contribution < 1.29 is 33.6 Å². The van der Waals surface area contributed by atoms with E-state index in [2.05, 4.69) is 27.7 Å². The van der Waals surface area contributed by atoms with E-state index in [4.69, 9.17) is 23.7 Å². The van der Waals surface area contributed by atoms with Crippen molar-refractivity contribution in [3.63, 3.8) is 0 Å². The Morgan fingerprint density at radius 2 is 1.27 bits per heavy atom. The number of carboxylic acid groups (broad SMARTS) is 1. The van der Waals surface area contributed by atoms with E-state index in [0.717, 1.165) is 51.4 Å². The summed E-state index contributed by atoms with van der Waals surface area (Å²) in [7, 11) is 0. The van der Waals surface area contributed by atoms with Crippen LogP contribution >= 0.6 is 0 Å². The highest BCUT2D eigenvalue weighted by Crippen LogP contribution is 2.16. The molecular formula is C23H46O7. The van der Waals surface area contributed by atoms with E-state index in [9.17, 15) is 9.90 Å². The Morgan fingerprint density at radius 3 is 1.80 bits per heavy atom. The first-order valence-electron chi connectivity index (χ1n) is 11.8. The molecule has 0 radical (unpaired) electrons. The SMILES string of the molecule is CCCCOC[C@H](OCCCC)[C@H](OCCCC)OC(C(=O)O)[C@H](C)OCCCC. The van der Waals surface area contributed by atoms with Crippen LogP contribution in [0.25, 0.3) is 0 Å². The lowest BCUT2D eigenvalue weighted by atomic mass is 10.2. The standard InChI is InChI=1S/C23H46O7/c1-6-10-14-26-18-20(28-16-12-8-3)23(29-17-13-9-4)30-21(22(24)25)19(5)27-15-11-7-2/h19-21,23H,6-18H2,1-5H3,(H,24,25)/t19-,20-,21?,23+/m0/s1. The summed E-state index contributed by atoms with van der Waals surface area (Å²) >= 11 is 0. The molecule has 0 aromatic rings. The highest BCUT2D eigenvalue weighted by Gasteiger charge is 2.34. The van der Waals surface area contributed by atoms with Crippen LogP contribution in [0.2, 0.25) is 0 Å². The minimum Gasteiger partial charge on any atom is -0.479 e. The molecule has 0 saturated heterocycles. The molecule has 0 heterocycles. The average Bonchev–Trinajstić information content (AvgIpc) is 2.72. The van der Waals surface area contributed by atoms with Gasteiger partial charge in [0.2, 0.25) is 0 Å². The van der Waals surface area contributed by atoms with Gasteiger partial charge in [0, 0.05) is 26.4 Å². The van der Waals surface area contributed by atoms with Crippen molar-refractivity contribution in [2.75, 3.05) is 33.0 Å². The second-order valence-electron chi connectivity index (χ2n) is 7.61. The maximum absolute atomic E-state index is 11.9. The second kappa shape index (κ2) is 20.2. The van der Waals surface area contributed by atoms with Gasteiger partial charge in [0.25, 0.3) is 0 Å². The largest absolute Gasteiger partial charge is 0.479 e. The van der Waals surface area contributed by atoms with Crippen LogP contribution in [0, 0.1) is 0 Å². The molecule has 1 unspecified atom stereocenters. The summed E-state index contributed by atoms with van der Waals surface area (Å²) in [5.41, 5.74) is 0. The van der Waals surface area contributed by atoms with Crippen molar-refractivity contribution in [1.82, 2.24) is 0 Å². The van der Waals surface area contributed by atoms with Crippen molar-refractivity contribution >= 4 is 5.97 Å². The Hall–Kier alpha value is -0.730. The quantitative estimate of drug-likeness (QED) is 0.193. The summed E-state index contributed by atoms with van der Waals surface area (Å²) < 4.78 is 29.4. The van der Waals surface area contributed by atoms with Crippen LogP contribution < -0.4 is 0 Å². The van der Waals surface area contributed by atoms with Crippen LogP contribution in [-0.4, -0.2) is 68.7 Å². The molecule has 7 nitrogen and oxygen atoms in total. The topological polar surface area (TPSA) is 83.5 Å². The van der Waals surface area contributed by atoms with Gasteiger partial charge in [-0.1, -0.05) is 53.4 Å². The third kappa shape index (κ3) is 14.3. The lowest BCUT2D eigenvalue weighted by molar-refractivity contribution is -0.251. The first-order valence-corrected chi connectivity index (χ1v) is 11.8. The number of carboxylic acids is 1. The summed E-state index contributed by atoms with van der Waals surface area (Å²) in [5.74, 6) is -1.07. The number of ether oxygens (including phenoxy) is 5. The van der Waals surface area contributed by atoms with Crippen LogP contribution in [0.1, 0.15) is 86.0 Å². The first-order chi connectivity index (χ1) is 14.5. The smallest absolute Gasteiger partial charge is 0.335 e. The Morgan fingerprint density at radius 1 is 0.767 bits per heavy atom. The van der Waals surface area contributed by atoms with E-state index in [1.807, 2.05) is 0 Å². The molecule has 0 aromatic carbocycles. The molecule has 4 atom stereocenters. The van der Waals surface area contributed by atoms with Gasteiger partial charge in [-0.25, -0.2) is 4.79 Å². The number of hydrogen-bond acceptors (Lipinski definition) is 6. The van der Waals surface area contributed by atoms with Gasteiger partial charge < -0.3 is 28.8 Å². The van der Waals surface area contributed by atoms with Gasteiger partial charge in [-0.15, -0.1) is 0 Å².